The topological polar surface area (TPSA) is 29.5 Å². The van der Waals surface area contributed by atoms with Crippen LogP contribution in [0.1, 0.15) is 10.0 Å². The van der Waals surface area contributed by atoms with Crippen LogP contribution in [0.3, 0.4) is 0 Å². The minimum absolute atomic E-state index is 0.293. The Kier molecular flexibility index (Phi) is 8.97. The molecule has 0 aliphatic rings. The van der Waals surface area contributed by atoms with Gasteiger partial charge in [0.15, 0.2) is 0 Å². The fourth-order valence-corrected chi connectivity index (χ4v) is 8.19. The molecule has 3 aromatic rings. The van der Waals surface area contributed by atoms with E-state index in [1.807, 2.05) is 0 Å². The summed E-state index contributed by atoms with van der Waals surface area (Å²) in [6, 6.07) is 2.22. The first-order valence-corrected chi connectivity index (χ1v) is 16.6. The van der Waals surface area contributed by atoms with Gasteiger partial charge < -0.3 is 0 Å². The van der Waals surface area contributed by atoms with Gasteiger partial charge >= 0.3 is 176 Å². The van der Waals surface area contributed by atoms with Crippen LogP contribution in [0, 0.1) is 11.8 Å². The predicted octanol–water partition coefficient (Wildman–Crippen LogP) is 4.20. The molecular formula is C18H21BrO2SSe2Si. The van der Waals surface area contributed by atoms with Crippen molar-refractivity contribution in [2.24, 2.45) is 0 Å². The van der Waals surface area contributed by atoms with Gasteiger partial charge in [-0.2, -0.15) is 0 Å². The second-order valence-electron chi connectivity index (χ2n) is 6.21. The molecule has 3 heterocycles. The van der Waals surface area contributed by atoms with Crippen molar-refractivity contribution in [2.45, 2.75) is 26.1 Å². The van der Waals surface area contributed by atoms with Crippen LogP contribution in [-0.4, -0.2) is 55.6 Å². The average molecular weight is 567 g/mol. The van der Waals surface area contributed by atoms with Crippen LogP contribution in [0.2, 0.25) is 19.6 Å². The molecule has 0 aromatic carbocycles. The number of aliphatic hydroxyl groups excluding tert-OH is 1. The average Bonchev–Trinajstić information content (AvgIpc) is 3.20. The van der Waals surface area contributed by atoms with Crippen LogP contribution in [0.15, 0.2) is 31.2 Å². The molecule has 0 saturated heterocycles. The number of halogens is 1. The van der Waals surface area contributed by atoms with E-state index < -0.39 is 8.32 Å². The quantitative estimate of drug-likeness (QED) is 0.379. The van der Waals surface area contributed by atoms with Crippen LogP contribution in [0.25, 0.3) is 9.65 Å². The summed E-state index contributed by atoms with van der Waals surface area (Å²) < 4.78 is 9.69. The zero-order chi connectivity index (χ0) is 18.3. The monoisotopic (exact) mass is 568 g/mol. The van der Waals surface area contributed by atoms with E-state index in [4.69, 9.17) is 9.53 Å². The van der Waals surface area contributed by atoms with Gasteiger partial charge in [-0.15, -0.1) is 0 Å². The molecule has 0 spiro atoms. The summed E-state index contributed by atoms with van der Waals surface area (Å²) in [7, 11) is -1.40. The van der Waals surface area contributed by atoms with Gasteiger partial charge in [0.05, 0.1) is 0 Å². The normalized spacial score (nSPS) is 10.9. The van der Waals surface area contributed by atoms with Crippen molar-refractivity contribution in [3.63, 3.8) is 0 Å². The van der Waals surface area contributed by atoms with E-state index in [0.29, 0.717) is 42.2 Å². The van der Waals surface area contributed by atoms with Crippen molar-refractivity contribution < 1.29 is 9.53 Å². The van der Waals surface area contributed by atoms with Gasteiger partial charge in [-0.25, -0.2) is 0 Å². The molecule has 7 heteroatoms. The molecule has 0 fully saturated rings. The van der Waals surface area contributed by atoms with Crippen LogP contribution in [0.4, 0.5) is 0 Å². The Morgan fingerprint density at radius 3 is 2.68 bits per heavy atom. The van der Waals surface area contributed by atoms with E-state index in [1.165, 1.54) is 14.1 Å². The molecule has 2 nitrogen and oxygen atoms in total. The fourth-order valence-electron chi connectivity index (χ4n) is 1.82. The van der Waals surface area contributed by atoms with Crippen molar-refractivity contribution in [3.8, 4) is 11.8 Å². The van der Waals surface area contributed by atoms with Crippen molar-refractivity contribution in [3.05, 3.63) is 41.2 Å². The fraction of sp³-hybridized carbons (Fsp3) is 0.333. The first-order chi connectivity index (χ1) is 11.9. The molecule has 3 aromatic heterocycles. The zero-order valence-electron chi connectivity index (χ0n) is 14.5. The summed E-state index contributed by atoms with van der Waals surface area (Å²) in [4.78, 5) is 4.36. The van der Waals surface area contributed by atoms with Gasteiger partial charge in [0, 0.05) is 0 Å². The Labute approximate surface area is 175 Å². The van der Waals surface area contributed by atoms with E-state index in [-0.39, 0.29) is 0 Å². The molecule has 0 aliphatic heterocycles. The number of fused-ring (bicyclic) bond motifs is 1. The Morgan fingerprint density at radius 2 is 2.08 bits per heavy atom. The molecule has 1 N–H and O–H groups in total. The Balaban J connectivity index is 0.000000185. The first-order valence-electron chi connectivity index (χ1n) is 7.79. The molecule has 0 radical (unpaired) electrons. The van der Waals surface area contributed by atoms with Crippen LogP contribution in [0.5, 0.6) is 0 Å². The maximum absolute atomic E-state index is 8.71. The van der Waals surface area contributed by atoms with E-state index in [2.05, 4.69) is 74.1 Å². The molecule has 134 valence electrons. The number of hydrogen-bond donors (Lipinski definition) is 1. The molecule has 0 amide bonds. The SMILES string of the molecule is C[Si](C)(C)OCC#Cc1c[se]cc1Br.OCCc1cc2cscc2[se]1. The second-order valence-corrected chi connectivity index (χ2v) is 16.3. The van der Waals surface area contributed by atoms with Crippen LogP contribution >= 0.6 is 27.3 Å². The van der Waals surface area contributed by atoms with Crippen LogP contribution in [-0.2, 0) is 10.8 Å². The number of thiophene rings is 1. The van der Waals surface area contributed by atoms with Crippen molar-refractivity contribution in [1.29, 1.82) is 0 Å². The van der Waals surface area contributed by atoms with Gasteiger partial charge in [-0.05, 0) is 0 Å². The molecule has 25 heavy (non-hydrogen) atoms. The standard InChI is InChI=1S/C10H13BrOSeSi.C8H8OSSe/c1-14(2,3)12-6-4-5-9-7-13-8-10(9)11;9-2-1-7-3-6-4-10-5-8(6)11-7/h7-8H,6H2,1-3H3;3-5,9H,1-2H2. The molecule has 0 saturated carbocycles. The summed E-state index contributed by atoms with van der Waals surface area (Å²) in [6.45, 7) is 7.36. The number of aliphatic hydroxyl groups is 1. The molecule has 0 bridgehead atoms. The van der Waals surface area contributed by atoms with Gasteiger partial charge in [-0.1, -0.05) is 0 Å². The molecule has 0 unspecified atom stereocenters. The van der Waals surface area contributed by atoms with Crippen molar-refractivity contribution in [2.75, 3.05) is 13.2 Å². The second kappa shape index (κ2) is 10.5. The van der Waals surface area contributed by atoms with Crippen molar-refractivity contribution >= 4 is 74.2 Å². The summed E-state index contributed by atoms with van der Waals surface area (Å²) in [5.74, 6) is 6.16. The van der Waals surface area contributed by atoms with E-state index in [0.717, 1.165) is 16.5 Å². The van der Waals surface area contributed by atoms with Crippen molar-refractivity contribution in [1.82, 2.24) is 0 Å². The number of hydrogen-bond acceptors (Lipinski definition) is 3. The van der Waals surface area contributed by atoms with E-state index >= 15 is 0 Å². The third kappa shape index (κ3) is 7.72. The summed E-state index contributed by atoms with van der Waals surface area (Å²) >= 11 is 6.24. The van der Waals surface area contributed by atoms with Gasteiger partial charge in [0.2, 0.25) is 0 Å². The van der Waals surface area contributed by atoms with Gasteiger partial charge in [0.1, 0.15) is 0 Å². The molecular weight excluding hydrogens is 546 g/mol. The summed E-state index contributed by atoms with van der Waals surface area (Å²) in [5.41, 5.74) is 1.11. The first kappa shape index (κ1) is 21.4. The molecule has 3 rings (SSSR count). The van der Waals surface area contributed by atoms with Crippen LogP contribution < -0.4 is 0 Å². The minimum atomic E-state index is -1.40. The van der Waals surface area contributed by atoms with E-state index in [9.17, 15) is 0 Å². The summed E-state index contributed by atoms with van der Waals surface area (Å²) in [6.07, 6.45) is 0.860. The number of rotatable bonds is 4. The Hall–Kier alpha value is 0.136. The third-order valence-electron chi connectivity index (χ3n) is 2.99. The molecule has 0 aliphatic carbocycles. The zero-order valence-corrected chi connectivity index (χ0v) is 21.3. The summed E-state index contributed by atoms with van der Waals surface area (Å²) in [5, 5.41) is 14.5. The van der Waals surface area contributed by atoms with E-state index in [1.54, 1.807) is 11.3 Å². The van der Waals surface area contributed by atoms with Gasteiger partial charge in [0.25, 0.3) is 0 Å². The third-order valence-corrected chi connectivity index (χ3v) is 10.4. The predicted molar refractivity (Wildman–Crippen MR) is 117 cm³/mol. The Morgan fingerprint density at radius 1 is 1.28 bits per heavy atom. The maximum atomic E-state index is 8.71. The molecule has 0 atom stereocenters. The Bertz CT molecular complexity index is 823. The van der Waals surface area contributed by atoms with Gasteiger partial charge in [-0.3, -0.25) is 0 Å².